The van der Waals surface area contributed by atoms with E-state index in [1.807, 2.05) is 12.1 Å². The van der Waals surface area contributed by atoms with E-state index in [9.17, 15) is 13.2 Å². The van der Waals surface area contributed by atoms with Crippen LogP contribution in [0.2, 0.25) is 0 Å². The average Bonchev–Trinajstić information content (AvgIpc) is 2.86. The second kappa shape index (κ2) is 5.48. The predicted molar refractivity (Wildman–Crippen MR) is 67.4 cm³/mol. The van der Waals surface area contributed by atoms with E-state index < -0.39 is 11.9 Å². The molecule has 2 rings (SSSR count). The van der Waals surface area contributed by atoms with Gasteiger partial charge in [-0.25, -0.2) is 4.98 Å². The quantitative estimate of drug-likeness (QED) is 0.929. The van der Waals surface area contributed by atoms with E-state index >= 15 is 0 Å². The van der Waals surface area contributed by atoms with Crippen LogP contribution in [-0.2, 0) is 12.7 Å². The molecular formula is C12H11F3N2OS. The normalized spacial score (nSPS) is 11.4. The van der Waals surface area contributed by atoms with E-state index in [0.717, 1.165) is 28.0 Å². The number of nitrogens with zero attached hydrogens (tertiary/aromatic N) is 1. The number of hydrogen-bond donors (Lipinski definition) is 1. The van der Waals surface area contributed by atoms with Crippen molar-refractivity contribution in [1.82, 2.24) is 4.98 Å². The minimum atomic E-state index is -4.39. The first-order valence-corrected chi connectivity index (χ1v) is 6.26. The molecule has 0 aliphatic heterocycles. The van der Waals surface area contributed by atoms with Crippen molar-refractivity contribution in [3.05, 3.63) is 40.9 Å². The third-order valence-electron chi connectivity index (χ3n) is 2.40. The highest BCUT2D eigenvalue weighted by molar-refractivity contribution is 7.13. The molecule has 7 heteroatoms. The Kier molecular flexibility index (Phi) is 3.94. The summed E-state index contributed by atoms with van der Waals surface area (Å²) in [5.41, 5.74) is 0.0688. The lowest BCUT2D eigenvalue weighted by Gasteiger charge is -2.04. The molecular weight excluding hydrogens is 277 g/mol. The first-order valence-electron chi connectivity index (χ1n) is 5.38. The highest BCUT2D eigenvalue weighted by Gasteiger charge is 2.33. The summed E-state index contributed by atoms with van der Waals surface area (Å²) in [6.07, 6.45) is -4.39. The molecule has 0 aliphatic carbocycles. The zero-order valence-corrected chi connectivity index (χ0v) is 10.8. The van der Waals surface area contributed by atoms with Gasteiger partial charge in [0.15, 0.2) is 10.8 Å². The van der Waals surface area contributed by atoms with E-state index in [1.54, 1.807) is 19.2 Å². The summed E-state index contributed by atoms with van der Waals surface area (Å²) in [5, 5.41) is 4.11. The molecule has 0 aliphatic rings. The van der Waals surface area contributed by atoms with Crippen LogP contribution in [0.1, 0.15) is 11.3 Å². The van der Waals surface area contributed by atoms with Gasteiger partial charge in [-0.15, -0.1) is 11.3 Å². The van der Waals surface area contributed by atoms with E-state index in [1.165, 1.54) is 0 Å². The number of hydrogen-bond acceptors (Lipinski definition) is 4. The third-order valence-corrected chi connectivity index (χ3v) is 3.20. The fraction of sp³-hybridized carbons (Fsp3) is 0.250. The van der Waals surface area contributed by atoms with Crippen molar-refractivity contribution < 1.29 is 17.9 Å². The molecule has 0 atom stereocenters. The lowest BCUT2D eigenvalue weighted by atomic mass is 10.2. The highest BCUT2D eigenvalue weighted by atomic mass is 32.1. The number of alkyl halides is 3. The van der Waals surface area contributed by atoms with Crippen LogP contribution in [0.5, 0.6) is 5.75 Å². The fourth-order valence-corrected chi connectivity index (χ4v) is 2.12. The van der Waals surface area contributed by atoms with Crippen LogP contribution < -0.4 is 10.1 Å². The Labute approximate surface area is 112 Å². The van der Waals surface area contributed by atoms with Crippen molar-refractivity contribution in [2.45, 2.75) is 12.7 Å². The first kappa shape index (κ1) is 13.7. The number of ether oxygens (including phenoxy) is 1. The van der Waals surface area contributed by atoms with Crippen molar-refractivity contribution in [2.24, 2.45) is 0 Å². The van der Waals surface area contributed by atoms with Crippen LogP contribution in [0.3, 0.4) is 0 Å². The van der Waals surface area contributed by atoms with E-state index in [-0.39, 0.29) is 5.13 Å². The number of halogens is 3. The molecule has 0 bridgehead atoms. The Morgan fingerprint density at radius 2 is 1.95 bits per heavy atom. The van der Waals surface area contributed by atoms with Crippen LogP contribution >= 0.6 is 11.3 Å². The van der Waals surface area contributed by atoms with Crippen molar-refractivity contribution in [3.63, 3.8) is 0 Å². The molecule has 0 amide bonds. The minimum absolute atomic E-state index is 0.253. The van der Waals surface area contributed by atoms with Gasteiger partial charge in [0.1, 0.15) is 5.75 Å². The molecule has 0 unspecified atom stereocenters. The second-order valence-electron chi connectivity index (χ2n) is 3.74. The average molecular weight is 288 g/mol. The third kappa shape index (κ3) is 3.60. The summed E-state index contributed by atoms with van der Waals surface area (Å²) >= 11 is 0.936. The maximum atomic E-state index is 12.4. The van der Waals surface area contributed by atoms with Crippen LogP contribution in [-0.4, -0.2) is 12.1 Å². The van der Waals surface area contributed by atoms with Gasteiger partial charge in [-0.1, -0.05) is 12.1 Å². The van der Waals surface area contributed by atoms with Gasteiger partial charge in [0.2, 0.25) is 0 Å². The fourth-order valence-electron chi connectivity index (χ4n) is 1.41. The number of thiazole rings is 1. The molecule has 1 aromatic heterocycles. The van der Waals surface area contributed by atoms with Gasteiger partial charge >= 0.3 is 6.18 Å². The lowest BCUT2D eigenvalue weighted by Crippen LogP contribution is -2.06. The topological polar surface area (TPSA) is 34.1 Å². The maximum absolute atomic E-state index is 12.4. The van der Waals surface area contributed by atoms with Gasteiger partial charge < -0.3 is 10.1 Å². The number of benzene rings is 1. The Hall–Kier alpha value is -1.76. The zero-order chi connectivity index (χ0) is 13.9. The number of rotatable bonds is 4. The van der Waals surface area contributed by atoms with Gasteiger partial charge in [-0.2, -0.15) is 13.2 Å². The van der Waals surface area contributed by atoms with Gasteiger partial charge in [-0.05, 0) is 17.7 Å². The SMILES string of the molecule is COc1ccc(CNc2nc(C(F)(F)F)cs2)cc1. The molecule has 1 N–H and O–H groups in total. The van der Waals surface area contributed by atoms with Crippen molar-refractivity contribution in [1.29, 1.82) is 0 Å². The van der Waals surface area contributed by atoms with Crippen LogP contribution in [0, 0.1) is 0 Å². The smallest absolute Gasteiger partial charge is 0.434 e. The Morgan fingerprint density at radius 1 is 1.26 bits per heavy atom. The summed E-state index contributed by atoms with van der Waals surface area (Å²) in [4.78, 5) is 3.49. The van der Waals surface area contributed by atoms with Gasteiger partial charge in [-0.3, -0.25) is 0 Å². The largest absolute Gasteiger partial charge is 0.497 e. The van der Waals surface area contributed by atoms with E-state index in [2.05, 4.69) is 10.3 Å². The molecule has 1 aromatic carbocycles. The van der Waals surface area contributed by atoms with Gasteiger partial charge in [0.25, 0.3) is 0 Å². The predicted octanol–water partition coefficient (Wildman–Crippen LogP) is 3.78. The number of methoxy groups -OCH3 is 1. The molecule has 102 valence electrons. The molecule has 0 spiro atoms. The molecule has 0 saturated carbocycles. The molecule has 0 fully saturated rings. The van der Waals surface area contributed by atoms with E-state index in [4.69, 9.17) is 4.74 Å². The molecule has 1 heterocycles. The van der Waals surface area contributed by atoms with Crippen molar-refractivity contribution in [2.75, 3.05) is 12.4 Å². The van der Waals surface area contributed by atoms with Gasteiger partial charge in [0.05, 0.1) is 7.11 Å². The summed E-state index contributed by atoms with van der Waals surface area (Å²) in [6.45, 7) is 0.412. The number of anilines is 1. The van der Waals surface area contributed by atoms with Crippen molar-refractivity contribution >= 4 is 16.5 Å². The Bertz CT molecular complexity index is 537. The summed E-state index contributed by atoms with van der Waals surface area (Å²) in [7, 11) is 1.57. The zero-order valence-electron chi connectivity index (χ0n) is 9.99. The van der Waals surface area contributed by atoms with Crippen molar-refractivity contribution in [3.8, 4) is 5.75 Å². The number of aromatic nitrogens is 1. The number of nitrogens with one attached hydrogen (secondary N) is 1. The second-order valence-corrected chi connectivity index (χ2v) is 4.60. The maximum Gasteiger partial charge on any atom is 0.434 e. The molecule has 3 nitrogen and oxygen atoms in total. The monoisotopic (exact) mass is 288 g/mol. The molecule has 0 radical (unpaired) electrons. The highest BCUT2D eigenvalue weighted by Crippen LogP contribution is 2.31. The summed E-state index contributed by atoms with van der Waals surface area (Å²) in [5.74, 6) is 0.734. The Morgan fingerprint density at radius 3 is 2.47 bits per heavy atom. The van der Waals surface area contributed by atoms with Crippen LogP contribution in [0.4, 0.5) is 18.3 Å². The standard InChI is InChI=1S/C12H11F3N2OS/c1-18-9-4-2-8(3-5-9)6-16-11-17-10(7-19-11)12(13,14)15/h2-5,7H,6H2,1H3,(H,16,17). The first-order chi connectivity index (χ1) is 8.99. The lowest BCUT2D eigenvalue weighted by molar-refractivity contribution is -0.140. The van der Waals surface area contributed by atoms with E-state index in [0.29, 0.717) is 6.54 Å². The minimum Gasteiger partial charge on any atom is -0.497 e. The summed E-state index contributed by atoms with van der Waals surface area (Å²) < 4.78 is 42.1. The summed E-state index contributed by atoms with van der Waals surface area (Å²) in [6, 6.07) is 7.26. The van der Waals surface area contributed by atoms with Gasteiger partial charge in [0, 0.05) is 11.9 Å². The molecule has 0 saturated heterocycles. The van der Waals surface area contributed by atoms with Crippen LogP contribution in [0.15, 0.2) is 29.6 Å². The Balaban J connectivity index is 1.96. The molecule has 19 heavy (non-hydrogen) atoms. The van der Waals surface area contributed by atoms with Crippen LogP contribution in [0.25, 0.3) is 0 Å². The molecule has 2 aromatic rings.